The van der Waals surface area contributed by atoms with Gasteiger partial charge in [-0.2, -0.15) is 4.91 Å². The molecule has 2 rings (SSSR count). The number of nitroso groups, excluding NO2 is 1. The zero-order chi connectivity index (χ0) is 12.1. The molecule has 0 saturated carbocycles. The van der Waals surface area contributed by atoms with Crippen LogP contribution >= 0.6 is 0 Å². The average molecular weight is 220 g/mol. The van der Waals surface area contributed by atoms with Gasteiger partial charge in [-0.1, -0.05) is 36.4 Å². The SMILES string of the molecule is CC(N)=O.CC1c2ccccc2CC1N=O. The van der Waals surface area contributed by atoms with Gasteiger partial charge in [0.25, 0.3) is 0 Å². The number of rotatable bonds is 1. The van der Waals surface area contributed by atoms with Crippen LogP contribution in [0.15, 0.2) is 29.4 Å². The van der Waals surface area contributed by atoms with Gasteiger partial charge >= 0.3 is 0 Å². The van der Waals surface area contributed by atoms with Crippen LogP contribution in [0.2, 0.25) is 0 Å². The molecular weight excluding hydrogens is 204 g/mol. The third kappa shape index (κ3) is 2.89. The van der Waals surface area contributed by atoms with Gasteiger partial charge < -0.3 is 5.73 Å². The van der Waals surface area contributed by atoms with Crippen LogP contribution in [0.3, 0.4) is 0 Å². The first kappa shape index (κ1) is 12.4. The maximum atomic E-state index is 10.4. The first-order chi connectivity index (χ1) is 7.56. The molecule has 0 aliphatic heterocycles. The van der Waals surface area contributed by atoms with E-state index < -0.39 is 0 Å². The second kappa shape index (κ2) is 5.39. The third-order valence-electron chi connectivity index (χ3n) is 2.69. The Morgan fingerprint density at radius 1 is 1.44 bits per heavy atom. The Balaban J connectivity index is 0.000000280. The predicted molar refractivity (Wildman–Crippen MR) is 63.0 cm³/mol. The van der Waals surface area contributed by atoms with Gasteiger partial charge in [-0.3, -0.25) is 4.79 Å². The summed E-state index contributed by atoms with van der Waals surface area (Å²) in [6, 6.07) is 8.16. The van der Waals surface area contributed by atoms with Crippen molar-refractivity contribution >= 4 is 5.91 Å². The lowest BCUT2D eigenvalue weighted by Crippen LogP contribution is -2.06. The van der Waals surface area contributed by atoms with E-state index in [4.69, 9.17) is 0 Å². The van der Waals surface area contributed by atoms with E-state index in [1.807, 2.05) is 12.1 Å². The van der Waals surface area contributed by atoms with Crippen LogP contribution in [0.5, 0.6) is 0 Å². The van der Waals surface area contributed by atoms with Crippen molar-refractivity contribution in [1.82, 2.24) is 0 Å². The molecule has 1 aromatic rings. The molecule has 1 amide bonds. The zero-order valence-electron chi connectivity index (χ0n) is 9.51. The Kier molecular flexibility index (Phi) is 4.17. The van der Waals surface area contributed by atoms with Gasteiger partial charge in [0.2, 0.25) is 5.91 Å². The minimum Gasteiger partial charge on any atom is -0.370 e. The fraction of sp³-hybridized carbons (Fsp3) is 0.417. The fourth-order valence-corrected chi connectivity index (χ4v) is 1.90. The number of carbonyl (C=O) groups is 1. The average Bonchev–Trinajstić information content (AvgIpc) is 2.55. The van der Waals surface area contributed by atoms with Gasteiger partial charge in [0.1, 0.15) is 6.04 Å². The van der Waals surface area contributed by atoms with Crippen molar-refractivity contribution in [2.45, 2.75) is 32.2 Å². The number of nitrogens with two attached hydrogens (primary N) is 1. The Labute approximate surface area is 94.8 Å². The Hall–Kier alpha value is -1.71. The molecule has 0 saturated heterocycles. The highest BCUT2D eigenvalue weighted by Gasteiger charge is 2.29. The Bertz CT molecular complexity index is 386. The first-order valence-corrected chi connectivity index (χ1v) is 5.22. The number of nitrogens with zero attached hydrogens (tertiary/aromatic N) is 1. The van der Waals surface area contributed by atoms with E-state index in [2.05, 4.69) is 30.0 Å². The quantitative estimate of drug-likeness (QED) is 0.735. The molecule has 2 atom stereocenters. The predicted octanol–water partition coefficient (Wildman–Crippen LogP) is 1.97. The summed E-state index contributed by atoms with van der Waals surface area (Å²) >= 11 is 0. The summed E-state index contributed by atoms with van der Waals surface area (Å²) in [5.41, 5.74) is 7.05. The van der Waals surface area contributed by atoms with E-state index in [0.29, 0.717) is 5.92 Å². The van der Waals surface area contributed by atoms with E-state index in [1.54, 1.807) is 0 Å². The second-order valence-corrected chi connectivity index (χ2v) is 3.98. The van der Waals surface area contributed by atoms with Crippen LogP contribution in [0.4, 0.5) is 0 Å². The van der Waals surface area contributed by atoms with E-state index in [0.717, 1.165) is 6.42 Å². The van der Waals surface area contributed by atoms with Gasteiger partial charge in [-0.05, 0) is 17.5 Å². The minimum atomic E-state index is -0.333. The topological polar surface area (TPSA) is 72.5 Å². The smallest absolute Gasteiger partial charge is 0.214 e. The molecule has 4 heteroatoms. The summed E-state index contributed by atoms with van der Waals surface area (Å²) in [5, 5.41) is 3.13. The number of primary amides is 1. The van der Waals surface area contributed by atoms with Gasteiger partial charge in [-0.15, -0.1) is 0 Å². The van der Waals surface area contributed by atoms with Crippen molar-refractivity contribution in [2.75, 3.05) is 0 Å². The molecule has 2 unspecified atom stereocenters. The van der Waals surface area contributed by atoms with Crippen LogP contribution in [-0.2, 0) is 11.2 Å². The molecule has 4 nitrogen and oxygen atoms in total. The molecule has 86 valence electrons. The van der Waals surface area contributed by atoms with Crippen molar-refractivity contribution < 1.29 is 4.79 Å². The van der Waals surface area contributed by atoms with E-state index in [-0.39, 0.29) is 11.9 Å². The Morgan fingerprint density at radius 3 is 2.50 bits per heavy atom. The van der Waals surface area contributed by atoms with E-state index >= 15 is 0 Å². The van der Waals surface area contributed by atoms with Gasteiger partial charge in [0.15, 0.2) is 0 Å². The van der Waals surface area contributed by atoms with E-state index in [9.17, 15) is 9.70 Å². The monoisotopic (exact) mass is 220 g/mol. The highest BCUT2D eigenvalue weighted by molar-refractivity contribution is 5.70. The third-order valence-corrected chi connectivity index (χ3v) is 2.69. The standard InChI is InChI=1S/C10H11NO.C2H5NO/c1-7-9-5-3-2-4-8(9)6-10(7)11-12;1-2(3)4/h2-5,7,10H,6H2,1H3;1H3,(H2,3,4). The zero-order valence-corrected chi connectivity index (χ0v) is 9.51. The molecule has 0 spiro atoms. The number of hydrogen-bond acceptors (Lipinski definition) is 3. The van der Waals surface area contributed by atoms with Gasteiger partial charge in [0, 0.05) is 12.8 Å². The lowest BCUT2D eigenvalue weighted by atomic mass is 10.0. The minimum absolute atomic E-state index is 0.0394. The maximum Gasteiger partial charge on any atom is 0.214 e. The van der Waals surface area contributed by atoms with Crippen LogP contribution in [0.1, 0.15) is 30.9 Å². The summed E-state index contributed by atoms with van der Waals surface area (Å²) in [7, 11) is 0. The molecular formula is C12H16N2O2. The summed E-state index contributed by atoms with van der Waals surface area (Å²) in [6.45, 7) is 3.37. The molecule has 2 N–H and O–H groups in total. The summed E-state index contributed by atoms with van der Waals surface area (Å²) in [5.74, 6) is -0.0290. The van der Waals surface area contributed by atoms with Crippen LogP contribution in [-0.4, -0.2) is 11.9 Å². The Morgan fingerprint density at radius 2 is 2.00 bits per heavy atom. The highest BCUT2D eigenvalue weighted by Crippen LogP contribution is 2.34. The lowest BCUT2D eigenvalue weighted by molar-refractivity contribution is -0.115. The normalized spacial score (nSPS) is 21.6. The fourth-order valence-electron chi connectivity index (χ4n) is 1.90. The molecule has 1 aromatic carbocycles. The largest absolute Gasteiger partial charge is 0.370 e. The van der Waals surface area contributed by atoms with Gasteiger partial charge in [0.05, 0.1) is 0 Å². The maximum absolute atomic E-state index is 10.4. The van der Waals surface area contributed by atoms with Crippen molar-refractivity contribution in [3.8, 4) is 0 Å². The number of amides is 1. The summed E-state index contributed by atoms with van der Waals surface area (Å²) in [6.07, 6.45) is 0.820. The molecule has 0 fully saturated rings. The van der Waals surface area contributed by atoms with Crippen molar-refractivity contribution in [3.05, 3.63) is 40.3 Å². The summed E-state index contributed by atoms with van der Waals surface area (Å²) < 4.78 is 0. The second-order valence-electron chi connectivity index (χ2n) is 3.98. The molecule has 0 aromatic heterocycles. The number of hydrogen-bond donors (Lipinski definition) is 1. The van der Waals surface area contributed by atoms with Crippen LogP contribution in [0, 0.1) is 4.91 Å². The van der Waals surface area contributed by atoms with E-state index in [1.165, 1.54) is 18.1 Å². The highest BCUT2D eigenvalue weighted by atomic mass is 16.3. The van der Waals surface area contributed by atoms with Crippen molar-refractivity contribution in [2.24, 2.45) is 10.9 Å². The van der Waals surface area contributed by atoms with Crippen molar-refractivity contribution in [1.29, 1.82) is 0 Å². The van der Waals surface area contributed by atoms with Crippen LogP contribution < -0.4 is 5.73 Å². The number of fused-ring (bicyclic) bond motifs is 1. The molecule has 0 radical (unpaired) electrons. The molecule has 1 aliphatic rings. The van der Waals surface area contributed by atoms with Gasteiger partial charge in [-0.25, -0.2) is 0 Å². The molecule has 0 bridgehead atoms. The summed E-state index contributed by atoms with van der Waals surface area (Å²) in [4.78, 5) is 19.7. The van der Waals surface area contributed by atoms with Crippen LogP contribution in [0.25, 0.3) is 0 Å². The first-order valence-electron chi connectivity index (χ1n) is 5.22. The molecule has 1 aliphatic carbocycles. The molecule has 16 heavy (non-hydrogen) atoms. The number of carbonyl (C=O) groups excluding carboxylic acids is 1. The molecule has 0 heterocycles. The number of benzene rings is 1. The van der Waals surface area contributed by atoms with Crippen molar-refractivity contribution in [3.63, 3.8) is 0 Å². The lowest BCUT2D eigenvalue weighted by Gasteiger charge is -2.05.